The van der Waals surface area contributed by atoms with Crippen molar-refractivity contribution >= 4 is 28.8 Å². The molecule has 1 heterocycles. The van der Waals surface area contributed by atoms with Gasteiger partial charge in [0, 0.05) is 6.04 Å². The van der Waals surface area contributed by atoms with E-state index in [1.54, 1.807) is 0 Å². The lowest BCUT2D eigenvalue weighted by Crippen LogP contribution is -2.47. The molecule has 3 atom stereocenters. The van der Waals surface area contributed by atoms with Crippen LogP contribution in [0.15, 0.2) is 33.9 Å². The van der Waals surface area contributed by atoms with Crippen molar-refractivity contribution in [2.75, 3.05) is 5.75 Å². The van der Waals surface area contributed by atoms with Crippen molar-refractivity contribution in [3.05, 3.63) is 24.3 Å². The Labute approximate surface area is 146 Å². The first-order valence-electron chi connectivity index (χ1n) is 8.68. The first kappa shape index (κ1) is 16.0. The smallest absolute Gasteiger partial charge is 0.257 e. The molecule has 4 nitrogen and oxygen atoms in total. The van der Waals surface area contributed by atoms with Crippen LogP contribution >= 0.6 is 11.8 Å². The van der Waals surface area contributed by atoms with E-state index in [4.69, 9.17) is 4.42 Å². The van der Waals surface area contributed by atoms with E-state index in [0.29, 0.717) is 22.4 Å². The van der Waals surface area contributed by atoms with Crippen molar-refractivity contribution in [2.45, 2.75) is 51.3 Å². The molecule has 1 aromatic heterocycles. The third-order valence-corrected chi connectivity index (χ3v) is 7.56. The third kappa shape index (κ3) is 2.36. The lowest BCUT2D eigenvalue weighted by Gasteiger charge is -2.39. The lowest BCUT2D eigenvalue weighted by atomic mass is 9.69. The summed E-state index contributed by atoms with van der Waals surface area (Å²) in [6.07, 6.45) is 3.63. The van der Waals surface area contributed by atoms with E-state index in [-0.39, 0.29) is 11.3 Å². The number of para-hydroxylation sites is 2. The van der Waals surface area contributed by atoms with Crippen molar-refractivity contribution in [1.29, 1.82) is 0 Å². The molecule has 1 N–H and O–H groups in total. The summed E-state index contributed by atoms with van der Waals surface area (Å²) in [6, 6.07) is 7.96. The largest absolute Gasteiger partial charge is 0.431 e. The Bertz CT molecular complexity index is 752. The maximum atomic E-state index is 12.4. The van der Waals surface area contributed by atoms with E-state index in [2.05, 4.69) is 31.1 Å². The standard InChI is InChI=1S/C19H24N2O2S/c1-18(2)12-8-9-19(18,3)15(10-12)21-16(22)11-24-17-20-13-6-4-5-7-14(13)23-17/h4-7,12,15H,8-11H2,1-3H3,(H,21,22)/t12-,15-,19-/m0/s1. The van der Waals surface area contributed by atoms with Gasteiger partial charge in [-0.1, -0.05) is 44.7 Å². The molecule has 0 spiro atoms. The molecule has 1 aromatic carbocycles. The highest BCUT2D eigenvalue weighted by atomic mass is 32.2. The zero-order valence-electron chi connectivity index (χ0n) is 14.5. The Balaban J connectivity index is 1.37. The molecule has 2 fully saturated rings. The number of oxazole rings is 1. The fourth-order valence-corrected chi connectivity index (χ4v) is 5.35. The summed E-state index contributed by atoms with van der Waals surface area (Å²) in [5, 5.41) is 3.84. The highest BCUT2D eigenvalue weighted by Crippen LogP contribution is 2.65. The fraction of sp³-hybridized carbons (Fsp3) is 0.579. The van der Waals surface area contributed by atoms with Gasteiger partial charge in [0.15, 0.2) is 5.58 Å². The molecule has 0 aliphatic heterocycles. The zero-order valence-corrected chi connectivity index (χ0v) is 15.3. The molecule has 1 amide bonds. The third-order valence-electron chi connectivity index (χ3n) is 6.73. The van der Waals surface area contributed by atoms with Gasteiger partial charge < -0.3 is 9.73 Å². The number of benzene rings is 1. The molecular formula is C19H24N2O2S. The van der Waals surface area contributed by atoms with Crippen molar-refractivity contribution < 1.29 is 9.21 Å². The predicted octanol–water partition coefficient (Wildman–Crippen LogP) is 4.25. The molecule has 0 saturated heterocycles. The van der Waals surface area contributed by atoms with E-state index in [1.165, 1.54) is 24.6 Å². The Morgan fingerprint density at radius 3 is 2.83 bits per heavy atom. The van der Waals surface area contributed by atoms with Crippen molar-refractivity contribution in [2.24, 2.45) is 16.7 Å². The molecule has 2 saturated carbocycles. The number of amides is 1. The second kappa shape index (κ2) is 5.51. The monoisotopic (exact) mass is 344 g/mol. The van der Waals surface area contributed by atoms with Gasteiger partial charge in [0.25, 0.3) is 5.22 Å². The number of rotatable bonds is 4. The zero-order chi connectivity index (χ0) is 16.9. The van der Waals surface area contributed by atoms with E-state index >= 15 is 0 Å². The van der Waals surface area contributed by atoms with Crippen LogP contribution in [-0.2, 0) is 4.79 Å². The van der Waals surface area contributed by atoms with Gasteiger partial charge in [-0.3, -0.25) is 4.79 Å². The highest BCUT2D eigenvalue weighted by molar-refractivity contribution is 7.99. The Kier molecular flexibility index (Phi) is 3.68. The summed E-state index contributed by atoms with van der Waals surface area (Å²) in [4.78, 5) is 16.8. The topological polar surface area (TPSA) is 55.1 Å². The number of fused-ring (bicyclic) bond motifs is 3. The van der Waals surface area contributed by atoms with Crippen LogP contribution < -0.4 is 5.32 Å². The number of carbonyl (C=O) groups is 1. The summed E-state index contributed by atoms with van der Waals surface area (Å²) in [7, 11) is 0. The summed E-state index contributed by atoms with van der Waals surface area (Å²) in [5.74, 6) is 1.17. The van der Waals surface area contributed by atoms with Gasteiger partial charge in [0.1, 0.15) is 5.52 Å². The summed E-state index contributed by atoms with van der Waals surface area (Å²) < 4.78 is 5.66. The molecule has 0 unspecified atom stereocenters. The summed E-state index contributed by atoms with van der Waals surface area (Å²) in [6.45, 7) is 7.08. The van der Waals surface area contributed by atoms with Crippen LogP contribution in [0.4, 0.5) is 0 Å². The van der Waals surface area contributed by atoms with E-state index < -0.39 is 0 Å². The van der Waals surface area contributed by atoms with Crippen LogP contribution in [0.2, 0.25) is 0 Å². The number of hydrogen-bond acceptors (Lipinski definition) is 4. The Morgan fingerprint density at radius 2 is 2.17 bits per heavy atom. The van der Waals surface area contributed by atoms with Crippen LogP contribution in [0.1, 0.15) is 40.0 Å². The van der Waals surface area contributed by atoms with Gasteiger partial charge in [-0.25, -0.2) is 4.98 Å². The molecule has 24 heavy (non-hydrogen) atoms. The minimum Gasteiger partial charge on any atom is -0.431 e. The number of aromatic nitrogens is 1. The number of carbonyl (C=O) groups excluding carboxylic acids is 1. The molecule has 128 valence electrons. The SMILES string of the molecule is CC1(C)[C@H]2CC[C@@]1(C)[C@@H](NC(=O)CSc1nc3ccccc3o1)C2. The molecule has 2 aliphatic carbocycles. The second-order valence-corrected chi connectivity index (χ2v) is 8.89. The van der Waals surface area contributed by atoms with Crippen molar-refractivity contribution in [3.63, 3.8) is 0 Å². The number of nitrogens with zero attached hydrogens (tertiary/aromatic N) is 1. The maximum absolute atomic E-state index is 12.4. The minimum absolute atomic E-state index is 0.0804. The normalized spacial score (nSPS) is 30.8. The van der Waals surface area contributed by atoms with Crippen molar-refractivity contribution in [1.82, 2.24) is 10.3 Å². The Hall–Kier alpha value is -1.49. The summed E-state index contributed by atoms with van der Waals surface area (Å²) >= 11 is 1.37. The molecule has 2 aromatic rings. The highest BCUT2D eigenvalue weighted by Gasteiger charge is 2.61. The first-order valence-corrected chi connectivity index (χ1v) is 9.66. The molecule has 2 aliphatic rings. The molecular weight excluding hydrogens is 320 g/mol. The predicted molar refractivity (Wildman–Crippen MR) is 95.9 cm³/mol. The molecule has 4 rings (SSSR count). The van der Waals surface area contributed by atoms with Gasteiger partial charge in [-0.15, -0.1) is 0 Å². The Morgan fingerprint density at radius 1 is 1.38 bits per heavy atom. The first-order chi connectivity index (χ1) is 11.4. The minimum atomic E-state index is 0.0804. The summed E-state index contributed by atoms with van der Waals surface area (Å²) in [5.41, 5.74) is 2.14. The van der Waals surface area contributed by atoms with Crippen LogP contribution in [0.5, 0.6) is 0 Å². The molecule has 0 radical (unpaired) electrons. The van der Waals surface area contributed by atoms with Gasteiger partial charge in [0.2, 0.25) is 5.91 Å². The second-order valence-electron chi connectivity index (χ2n) is 7.97. The van der Waals surface area contributed by atoms with E-state index in [9.17, 15) is 4.79 Å². The molecule has 2 bridgehead atoms. The van der Waals surface area contributed by atoms with Crippen LogP contribution in [-0.4, -0.2) is 22.7 Å². The van der Waals surface area contributed by atoms with Crippen LogP contribution in [0, 0.1) is 16.7 Å². The van der Waals surface area contributed by atoms with E-state index in [1.807, 2.05) is 24.3 Å². The quantitative estimate of drug-likeness (QED) is 0.843. The van der Waals surface area contributed by atoms with Gasteiger partial charge in [-0.2, -0.15) is 0 Å². The number of hydrogen-bond donors (Lipinski definition) is 1. The van der Waals surface area contributed by atoms with Gasteiger partial charge in [0.05, 0.1) is 5.75 Å². The molecule has 5 heteroatoms. The van der Waals surface area contributed by atoms with Crippen molar-refractivity contribution in [3.8, 4) is 0 Å². The van der Waals surface area contributed by atoms with Crippen LogP contribution in [0.25, 0.3) is 11.1 Å². The van der Waals surface area contributed by atoms with Gasteiger partial charge in [-0.05, 0) is 48.1 Å². The van der Waals surface area contributed by atoms with Crippen LogP contribution in [0.3, 0.4) is 0 Å². The lowest BCUT2D eigenvalue weighted by molar-refractivity contribution is -0.120. The number of thioether (sulfide) groups is 1. The maximum Gasteiger partial charge on any atom is 0.257 e. The fourth-order valence-electron chi connectivity index (χ4n) is 4.70. The number of nitrogens with one attached hydrogen (secondary N) is 1. The van der Waals surface area contributed by atoms with Gasteiger partial charge >= 0.3 is 0 Å². The average Bonchev–Trinajstić information content (AvgIpc) is 3.11. The van der Waals surface area contributed by atoms with E-state index in [0.717, 1.165) is 23.4 Å². The average molecular weight is 344 g/mol.